The van der Waals surface area contributed by atoms with E-state index >= 15 is 0 Å². The van der Waals surface area contributed by atoms with Crippen molar-refractivity contribution in [2.45, 2.75) is 38.2 Å². The van der Waals surface area contributed by atoms with Crippen LogP contribution in [0.2, 0.25) is 0 Å². The molecule has 2 nitrogen and oxygen atoms in total. The van der Waals surface area contributed by atoms with E-state index in [2.05, 4.69) is 6.58 Å². The Hall–Kier alpha value is -1.57. The Balaban J connectivity index is 2.06. The quantitative estimate of drug-likeness (QED) is 0.738. The van der Waals surface area contributed by atoms with E-state index in [4.69, 9.17) is 4.74 Å². The highest BCUT2D eigenvalue weighted by Gasteiger charge is 2.32. The molecule has 2 heteroatoms. The van der Waals surface area contributed by atoms with Gasteiger partial charge in [-0.2, -0.15) is 0 Å². The molecule has 0 aromatic heterocycles. The first-order chi connectivity index (χ1) is 8.13. The zero-order valence-electron chi connectivity index (χ0n) is 10.2. The Morgan fingerprint density at radius 2 is 1.88 bits per heavy atom. The van der Waals surface area contributed by atoms with Crippen molar-refractivity contribution in [2.75, 3.05) is 0 Å². The molecule has 0 spiro atoms. The van der Waals surface area contributed by atoms with Gasteiger partial charge in [0, 0.05) is 0 Å². The van der Waals surface area contributed by atoms with Gasteiger partial charge >= 0.3 is 5.97 Å². The van der Waals surface area contributed by atoms with Crippen molar-refractivity contribution < 1.29 is 9.53 Å². The number of benzene rings is 1. The Kier molecular flexibility index (Phi) is 3.32. The monoisotopic (exact) mass is 230 g/mol. The SMILES string of the molecule is C=Cc1ccc(C(=O)OC2(C)CCCC2)cc1. The molecule has 90 valence electrons. The second-order valence-corrected chi connectivity index (χ2v) is 4.87. The minimum atomic E-state index is -0.256. The van der Waals surface area contributed by atoms with Gasteiger partial charge in [0.2, 0.25) is 0 Å². The van der Waals surface area contributed by atoms with Crippen LogP contribution in [0.3, 0.4) is 0 Å². The van der Waals surface area contributed by atoms with Gasteiger partial charge in [-0.1, -0.05) is 24.8 Å². The summed E-state index contributed by atoms with van der Waals surface area (Å²) in [5.74, 6) is -0.218. The Morgan fingerprint density at radius 1 is 1.29 bits per heavy atom. The van der Waals surface area contributed by atoms with Gasteiger partial charge in [0.15, 0.2) is 0 Å². The van der Waals surface area contributed by atoms with Crippen LogP contribution >= 0.6 is 0 Å². The summed E-state index contributed by atoms with van der Waals surface area (Å²) in [5.41, 5.74) is 1.37. The van der Waals surface area contributed by atoms with Crippen LogP contribution in [0.4, 0.5) is 0 Å². The smallest absolute Gasteiger partial charge is 0.338 e. The molecule has 2 rings (SSSR count). The van der Waals surface area contributed by atoms with E-state index in [-0.39, 0.29) is 11.6 Å². The normalized spacial score (nSPS) is 17.7. The summed E-state index contributed by atoms with van der Waals surface area (Å²) in [6, 6.07) is 7.33. The summed E-state index contributed by atoms with van der Waals surface area (Å²) in [7, 11) is 0. The fourth-order valence-electron chi connectivity index (χ4n) is 2.26. The molecule has 0 unspecified atom stereocenters. The van der Waals surface area contributed by atoms with Gasteiger partial charge in [-0.05, 0) is 50.3 Å². The summed E-state index contributed by atoms with van der Waals surface area (Å²) in [6.45, 7) is 5.71. The Labute approximate surface area is 102 Å². The van der Waals surface area contributed by atoms with Crippen molar-refractivity contribution in [1.29, 1.82) is 0 Å². The van der Waals surface area contributed by atoms with Crippen LogP contribution in [0, 0.1) is 0 Å². The average Bonchev–Trinajstić information content (AvgIpc) is 2.76. The van der Waals surface area contributed by atoms with E-state index in [0.29, 0.717) is 5.56 Å². The fourth-order valence-corrected chi connectivity index (χ4v) is 2.26. The summed E-state index contributed by atoms with van der Waals surface area (Å²) in [4.78, 5) is 12.0. The predicted octanol–water partition coefficient (Wildman–Crippen LogP) is 3.82. The standard InChI is InChI=1S/C15H18O2/c1-3-12-6-8-13(9-7-12)14(16)17-15(2)10-4-5-11-15/h3,6-9H,1,4-5,10-11H2,2H3. The lowest BCUT2D eigenvalue weighted by atomic mass is 10.1. The lowest BCUT2D eigenvalue weighted by Crippen LogP contribution is -2.28. The molecule has 1 aliphatic carbocycles. The topological polar surface area (TPSA) is 26.3 Å². The number of carbonyl (C=O) groups is 1. The third-order valence-corrected chi connectivity index (χ3v) is 3.38. The van der Waals surface area contributed by atoms with E-state index in [9.17, 15) is 4.79 Å². The molecular formula is C15H18O2. The Bertz CT molecular complexity index is 411. The van der Waals surface area contributed by atoms with Crippen LogP contribution in [0.1, 0.15) is 48.5 Å². The molecule has 1 fully saturated rings. The van der Waals surface area contributed by atoms with Crippen molar-refractivity contribution >= 4 is 12.0 Å². The van der Waals surface area contributed by atoms with E-state index in [1.54, 1.807) is 18.2 Å². The van der Waals surface area contributed by atoms with Crippen molar-refractivity contribution in [1.82, 2.24) is 0 Å². The van der Waals surface area contributed by atoms with Crippen molar-refractivity contribution in [3.8, 4) is 0 Å². The zero-order chi connectivity index (χ0) is 12.3. The molecule has 1 aliphatic rings. The van der Waals surface area contributed by atoms with E-state index in [1.807, 2.05) is 19.1 Å². The fraction of sp³-hybridized carbons (Fsp3) is 0.400. The molecule has 0 amide bonds. The third-order valence-electron chi connectivity index (χ3n) is 3.38. The molecule has 0 bridgehead atoms. The van der Waals surface area contributed by atoms with Gasteiger partial charge in [0.25, 0.3) is 0 Å². The summed E-state index contributed by atoms with van der Waals surface area (Å²) >= 11 is 0. The summed E-state index contributed by atoms with van der Waals surface area (Å²) in [6.07, 6.45) is 6.01. The highest BCUT2D eigenvalue weighted by molar-refractivity contribution is 5.89. The number of carbonyl (C=O) groups excluding carboxylic acids is 1. The lowest BCUT2D eigenvalue weighted by molar-refractivity contribution is -0.00608. The van der Waals surface area contributed by atoms with Gasteiger partial charge < -0.3 is 4.74 Å². The molecule has 1 aromatic rings. The summed E-state index contributed by atoms with van der Waals surface area (Å²) in [5, 5.41) is 0. The first kappa shape index (κ1) is 11.9. The van der Waals surface area contributed by atoms with Crippen molar-refractivity contribution in [2.24, 2.45) is 0 Å². The van der Waals surface area contributed by atoms with E-state index < -0.39 is 0 Å². The number of esters is 1. The molecule has 1 saturated carbocycles. The van der Waals surface area contributed by atoms with Crippen LogP contribution in [0.5, 0.6) is 0 Å². The van der Waals surface area contributed by atoms with Crippen molar-refractivity contribution in [3.63, 3.8) is 0 Å². The van der Waals surface area contributed by atoms with Crippen LogP contribution in [0.15, 0.2) is 30.8 Å². The predicted molar refractivity (Wildman–Crippen MR) is 68.8 cm³/mol. The van der Waals surface area contributed by atoms with Gasteiger partial charge in [-0.3, -0.25) is 0 Å². The third kappa shape index (κ3) is 2.76. The van der Waals surface area contributed by atoms with Crippen LogP contribution in [-0.4, -0.2) is 11.6 Å². The maximum Gasteiger partial charge on any atom is 0.338 e. The molecular weight excluding hydrogens is 212 g/mol. The van der Waals surface area contributed by atoms with Gasteiger partial charge in [0.1, 0.15) is 5.60 Å². The van der Waals surface area contributed by atoms with Crippen LogP contribution < -0.4 is 0 Å². The largest absolute Gasteiger partial charge is 0.456 e. The molecule has 17 heavy (non-hydrogen) atoms. The van der Waals surface area contributed by atoms with Gasteiger partial charge in [-0.25, -0.2) is 4.79 Å². The van der Waals surface area contributed by atoms with Crippen LogP contribution in [-0.2, 0) is 4.74 Å². The van der Waals surface area contributed by atoms with Crippen LogP contribution in [0.25, 0.3) is 6.08 Å². The van der Waals surface area contributed by atoms with E-state index in [1.165, 1.54) is 0 Å². The molecule has 0 N–H and O–H groups in total. The van der Waals surface area contributed by atoms with E-state index in [0.717, 1.165) is 31.2 Å². The maximum atomic E-state index is 12.0. The molecule has 0 heterocycles. The second kappa shape index (κ2) is 4.74. The second-order valence-electron chi connectivity index (χ2n) is 4.87. The van der Waals surface area contributed by atoms with Crippen molar-refractivity contribution in [3.05, 3.63) is 42.0 Å². The molecule has 1 aromatic carbocycles. The molecule has 0 atom stereocenters. The Morgan fingerprint density at radius 3 is 2.41 bits per heavy atom. The number of hydrogen-bond acceptors (Lipinski definition) is 2. The maximum absolute atomic E-state index is 12.0. The number of rotatable bonds is 3. The average molecular weight is 230 g/mol. The number of ether oxygens (including phenoxy) is 1. The highest BCUT2D eigenvalue weighted by atomic mass is 16.6. The highest BCUT2D eigenvalue weighted by Crippen LogP contribution is 2.33. The molecule has 0 radical (unpaired) electrons. The molecule has 0 saturated heterocycles. The lowest BCUT2D eigenvalue weighted by Gasteiger charge is -2.24. The molecule has 0 aliphatic heterocycles. The first-order valence-corrected chi connectivity index (χ1v) is 6.09. The zero-order valence-corrected chi connectivity index (χ0v) is 10.2. The minimum absolute atomic E-state index is 0.218. The minimum Gasteiger partial charge on any atom is -0.456 e. The summed E-state index contributed by atoms with van der Waals surface area (Å²) < 4.78 is 5.59. The first-order valence-electron chi connectivity index (χ1n) is 6.09. The van der Waals surface area contributed by atoms with Gasteiger partial charge in [-0.15, -0.1) is 0 Å². The number of hydrogen-bond donors (Lipinski definition) is 0. The van der Waals surface area contributed by atoms with Gasteiger partial charge in [0.05, 0.1) is 5.56 Å².